The number of nitrogens with zero attached hydrogens (tertiary/aromatic N) is 1. The highest BCUT2D eigenvalue weighted by molar-refractivity contribution is 5.78. The maximum Gasteiger partial charge on any atom is 0.269 e. The lowest BCUT2D eigenvalue weighted by Crippen LogP contribution is -2.27. The molecule has 0 saturated heterocycles. The number of nitro groups is 1. The molecule has 1 aliphatic heterocycles. The molecule has 7 nitrogen and oxygen atoms in total. The second kappa shape index (κ2) is 7.92. The Morgan fingerprint density at radius 1 is 1.27 bits per heavy atom. The molecule has 1 amide bonds. The first kappa shape index (κ1) is 17.8. The number of fused-ring (bicyclic) bond motifs is 1. The summed E-state index contributed by atoms with van der Waals surface area (Å²) >= 11 is 0. The van der Waals surface area contributed by atoms with Crippen LogP contribution < -0.4 is 10.1 Å². The van der Waals surface area contributed by atoms with Crippen LogP contribution in [0.15, 0.2) is 36.4 Å². The number of hydrogen-bond donors (Lipinski definition) is 1. The van der Waals surface area contributed by atoms with Crippen LogP contribution in [0.3, 0.4) is 0 Å². The number of carbonyl (C=O) groups is 1. The number of ether oxygens (including phenoxy) is 2. The molecule has 1 N–H and O–H groups in total. The molecule has 0 saturated carbocycles. The number of amides is 1. The van der Waals surface area contributed by atoms with Crippen molar-refractivity contribution in [1.29, 1.82) is 0 Å². The molecule has 3 rings (SSSR count). The average molecular weight is 360 g/mol. The van der Waals surface area contributed by atoms with Crippen LogP contribution in [0.5, 0.6) is 5.75 Å². The van der Waals surface area contributed by atoms with E-state index in [1.807, 2.05) is 0 Å². The standard InChI is InChI=1S/C18H17FN2O5/c19-15-8-13(18-14(9-15)10-25-11-26-18)5-6-20-17(22)7-12-1-3-16(4-2-12)21(23)24/h1-4,8-9H,5-7,10-11H2,(H,20,22). The Morgan fingerprint density at radius 3 is 2.77 bits per heavy atom. The van der Waals surface area contributed by atoms with E-state index in [0.29, 0.717) is 42.0 Å². The largest absolute Gasteiger partial charge is 0.467 e. The van der Waals surface area contributed by atoms with Crippen molar-refractivity contribution in [2.45, 2.75) is 19.4 Å². The third-order valence-electron chi connectivity index (χ3n) is 3.98. The van der Waals surface area contributed by atoms with E-state index >= 15 is 0 Å². The normalized spacial score (nSPS) is 12.8. The van der Waals surface area contributed by atoms with Crippen LogP contribution in [0.1, 0.15) is 16.7 Å². The zero-order valence-electron chi connectivity index (χ0n) is 13.9. The minimum absolute atomic E-state index is 0.0194. The molecule has 0 bridgehead atoms. The number of hydrogen-bond acceptors (Lipinski definition) is 5. The molecule has 1 aliphatic rings. The van der Waals surface area contributed by atoms with Gasteiger partial charge >= 0.3 is 0 Å². The summed E-state index contributed by atoms with van der Waals surface area (Å²) in [6.45, 7) is 0.747. The molecule has 0 spiro atoms. The Hall–Kier alpha value is -3.00. The Labute approximate surface area is 148 Å². The Balaban J connectivity index is 1.54. The molecule has 26 heavy (non-hydrogen) atoms. The number of benzene rings is 2. The van der Waals surface area contributed by atoms with Crippen molar-refractivity contribution in [3.8, 4) is 5.75 Å². The van der Waals surface area contributed by atoms with Crippen molar-refractivity contribution in [1.82, 2.24) is 5.32 Å². The summed E-state index contributed by atoms with van der Waals surface area (Å²) in [6, 6.07) is 8.60. The van der Waals surface area contributed by atoms with Gasteiger partial charge in [-0.3, -0.25) is 14.9 Å². The molecule has 2 aromatic rings. The van der Waals surface area contributed by atoms with E-state index in [-0.39, 0.29) is 30.6 Å². The van der Waals surface area contributed by atoms with Gasteiger partial charge in [-0.15, -0.1) is 0 Å². The van der Waals surface area contributed by atoms with Gasteiger partial charge in [-0.1, -0.05) is 12.1 Å². The molecule has 0 aromatic heterocycles. The maximum absolute atomic E-state index is 13.7. The van der Waals surface area contributed by atoms with Gasteiger partial charge in [-0.2, -0.15) is 0 Å². The van der Waals surface area contributed by atoms with E-state index in [0.717, 1.165) is 0 Å². The summed E-state index contributed by atoms with van der Waals surface area (Å²) < 4.78 is 24.2. The molecule has 136 valence electrons. The summed E-state index contributed by atoms with van der Waals surface area (Å²) in [5.74, 6) is 0.0284. The summed E-state index contributed by atoms with van der Waals surface area (Å²) in [6.07, 6.45) is 0.537. The number of rotatable bonds is 6. The highest BCUT2D eigenvalue weighted by Gasteiger charge is 2.17. The SMILES string of the molecule is O=C(Cc1ccc([N+](=O)[O-])cc1)NCCc1cc(F)cc2c1OCOC2. The summed E-state index contributed by atoms with van der Waals surface area (Å²) in [4.78, 5) is 22.1. The third-order valence-corrected chi connectivity index (χ3v) is 3.98. The van der Waals surface area contributed by atoms with Crippen molar-refractivity contribution < 1.29 is 23.6 Å². The lowest BCUT2D eigenvalue weighted by Gasteiger charge is -2.21. The van der Waals surface area contributed by atoms with Crippen molar-refractivity contribution in [2.75, 3.05) is 13.3 Å². The average Bonchev–Trinajstić information content (AvgIpc) is 2.62. The van der Waals surface area contributed by atoms with Gasteiger partial charge in [0, 0.05) is 24.2 Å². The number of carbonyl (C=O) groups excluding carboxylic acids is 1. The molecule has 1 heterocycles. The Bertz CT molecular complexity index is 823. The van der Waals surface area contributed by atoms with Gasteiger partial charge in [0.2, 0.25) is 5.91 Å². The van der Waals surface area contributed by atoms with Crippen molar-refractivity contribution in [3.63, 3.8) is 0 Å². The van der Waals surface area contributed by atoms with Crippen molar-refractivity contribution >= 4 is 11.6 Å². The number of nitrogens with one attached hydrogen (secondary N) is 1. The van der Waals surface area contributed by atoms with Gasteiger partial charge < -0.3 is 14.8 Å². The van der Waals surface area contributed by atoms with Gasteiger partial charge in [0.05, 0.1) is 18.0 Å². The summed E-state index contributed by atoms with van der Waals surface area (Å²) in [5.41, 5.74) is 1.99. The molecule has 8 heteroatoms. The van der Waals surface area contributed by atoms with Crippen LogP contribution in [0, 0.1) is 15.9 Å². The van der Waals surface area contributed by atoms with Gasteiger partial charge in [0.15, 0.2) is 6.79 Å². The second-order valence-corrected chi connectivity index (χ2v) is 5.86. The first-order valence-corrected chi connectivity index (χ1v) is 8.05. The van der Waals surface area contributed by atoms with Crippen molar-refractivity contribution in [2.24, 2.45) is 0 Å². The Morgan fingerprint density at radius 2 is 2.04 bits per heavy atom. The predicted octanol–water partition coefficient (Wildman–Crippen LogP) is 2.50. The second-order valence-electron chi connectivity index (χ2n) is 5.86. The van der Waals surface area contributed by atoms with Crippen LogP contribution >= 0.6 is 0 Å². The zero-order valence-corrected chi connectivity index (χ0v) is 13.9. The number of nitro benzene ring substituents is 1. The summed E-state index contributed by atoms with van der Waals surface area (Å²) in [5, 5.41) is 13.4. The third kappa shape index (κ3) is 4.34. The van der Waals surface area contributed by atoms with Crippen LogP contribution in [-0.2, 0) is 29.0 Å². The maximum atomic E-state index is 13.7. The number of non-ortho nitro benzene ring substituents is 1. The lowest BCUT2D eigenvalue weighted by atomic mass is 10.1. The molecular weight excluding hydrogens is 343 g/mol. The van der Waals surface area contributed by atoms with Crippen LogP contribution in [0.4, 0.5) is 10.1 Å². The predicted molar refractivity (Wildman–Crippen MR) is 90.2 cm³/mol. The van der Waals surface area contributed by atoms with Crippen LogP contribution in [0.2, 0.25) is 0 Å². The van der Waals surface area contributed by atoms with Crippen LogP contribution in [0.25, 0.3) is 0 Å². The topological polar surface area (TPSA) is 90.7 Å². The van der Waals surface area contributed by atoms with Gasteiger partial charge in [0.25, 0.3) is 5.69 Å². The number of halogens is 1. The first-order valence-electron chi connectivity index (χ1n) is 8.05. The minimum atomic E-state index is -0.489. The van der Waals surface area contributed by atoms with Crippen LogP contribution in [-0.4, -0.2) is 24.2 Å². The van der Waals surface area contributed by atoms with Crippen molar-refractivity contribution in [3.05, 3.63) is 69.0 Å². The molecular formula is C18H17FN2O5. The van der Waals surface area contributed by atoms with E-state index in [1.165, 1.54) is 24.3 Å². The minimum Gasteiger partial charge on any atom is -0.467 e. The highest BCUT2D eigenvalue weighted by atomic mass is 19.1. The quantitative estimate of drug-likeness (QED) is 0.631. The fourth-order valence-corrected chi connectivity index (χ4v) is 2.76. The molecule has 0 atom stereocenters. The molecule has 0 aliphatic carbocycles. The van der Waals surface area contributed by atoms with Gasteiger partial charge in [0.1, 0.15) is 11.6 Å². The molecule has 0 fully saturated rings. The zero-order chi connectivity index (χ0) is 18.5. The van der Waals surface area contributed by atoms with E-state index in [4.69, 9.17) is 9.47 Å². The molecule has 0 radical (unpaired) electrons. The smallest absolute Gasteiger partial charge is 0.269 e. The molecule has 0 unspecified atom stereocenters. The van der Waals surface area contributed by atoms with Gasteiger partial charge in [-0.25, -0.2) is 4.39 Å². The fraction of sp³-hybridized carbons (Fsp3) is 0.278. The lowest BCUT2D eigenvalue weighted by molar-refractivity contribution is -0.384. The summed E-state index contributed by atoms with van der Waals surface area (Å²) in [7, 11) is 0. The first-order chi connectivity index (χ1) is 12.5. The molecule has 2 aromatic carbocycles. The highest BCUT2D eigenvalue weighted by Crippen LogP contribution is 2.29. The Kier molecular flexibility index (Phi) is 5.43. The van der Waals surface area contributed by atoms with E-state index < -0.39 is 4.92 Å². The van der Waals surface area contributed by atoms with E-state index in [2.05, 4.69) is 5.32 Å². The van der Waals surface area contributed by atoms with E-state index in [1.54, 1.807) is 12.1 Å². The fourth-order valence-electron chi connectivity index (χ4n) is 2.76. The van der Waals surface area contributed by atoms with E-state index in [9.17, 15) is 19.3 Å². The van der Waals surface area contributed by atoms with Gasteiger partial charge in [-0.05, 0) is 29.7 Å². The monoisotopic (exact) mass is 360 g/mol.